The van der Waals surface area contributed by atoms with Crippen LogP contribution >= 0.6 is 11.3 Å². The number of carbonyl (C=O) groups is 4. The molecule has 11 nitrogen and oxygen atoms in total. The standard InChI is InChI=1S/C24H28N4O7S/c1-15(20(29)27-16(2)23(31)34-4)26-21(30)19-14-36-22(28-19)18-8-6-17(7-9-18)10-13-35-24(32)25-11-5-12-33-3/h6-9,14H,1-2,5,10-13H2,3-4H3,(H,25,32)(H,26,30)(H,27,29). The Kier molecular flexibility index (Phi) is 11.3. The Hall–Kier alpha value is -4.03. The average molecular weight is 517 g/mol. The molecule has 1 heterocycles. The summed E-state index contributed by atoms with van der Waals surface area (Å²) in [4.78, 5) is 51.7. The van der Waals surface area contributed by atoms with Crippen molar-refractivity contribution in [3.8, 4) is 10.6 Å². The molecule has 0 spiro atoms. The van der Waals surface area contributed by atoms with Crippen LogP contribution in [0.3, 0.4) is 0 Å². The lowest BCUT2D eigenvalue weighted by Crippen LogP contribution is -2.35. The number of aromatic nitrogens is 1. The molecule has 2 aromatic rings. The number of nitrogens with zero attached hydrogens (tertiary/aromatic N) is 1. The normalized spacial score (nSPS) is 10.2. The molecular formula is C24H28N4O7S. The van der Waals surface area contributed by atoms with Crippen molar-refractivity contribution in [3.05, 3.63) is 65.5 Å². The van der Waals surface area contributed by atoms with Crippen molar-refractivity contribution in [2.24, 2.45) is 0 Å². The molecular weight excluding hydrogens is 488 g/mol. The van der Waals surface area contributed by atoms with Crippen molar-refractivity contribution in [2.75, 3.05) is 34.0 Å². The van der Waals surface area contributed by atoms with E-state index in [0.717, 1.165) is 18.2 Å². The topological polar surface area (TPSA) is 145 Å². The van der Waals surface area contributed by atoms with Gasteiger partial charge in [-0.05, 0) is 12.0 Å². The fourth-order valence-corrected chi connectivity index (χ4v) is 3.49. The number of methoxy groups -OCH3 is 2. The van der Waals surface area contributed by atoms with Gasteiger partial charge in [-0.2, -0.15) is 0 Å². The van der Waals surface area contributed by atoms with Crippen LogP contribution in [0.5, 0.6) is 0 Å². The van der Waals surface area contributed by atoms with E-state index in [0.29, 0.717) is 31.0 Å². The van der Waals surface area contributed by atoms with Crippen LogP contribution in [0.4, 0.5) is 4.79 Å². The van der Waals surface area contributed by atoms with Crippen molar-refractivity contribution < 1.29 is 33.4 Å². The predicted octanol–water partition coefficient (Wildman–Crippen LogP) is 2.16. The highest BCUT2D eigenvalue weighted by atomic mass is 32.1. The fraction of sp³-hybridized carbons (Fsp3) is 0.292. The maximum atomic E-state index is 12.4. The van der Waals surface area contributed by atoms with Crippen LogP contribution in [0.1, 0.15) is 22.5 Å². The van der Waals surface area contributed by atoms with Gasteiger partial charge < -0.3 is 30.2 Å². The van der Waals surface area contributed by atoms with E-state index in [2.05, 4.69) is 38.8 Å². The number of amides is 3. The van der Waals surface area contributed by atoms with Gasteiger partial charge in [-0.1, -0.05) is 37.4 Å². The third-order valence-electron chi connectivity index (χ3n) is 4.59. The molecule has 0 aliphatic carbocycles. The summed E-state index contributed by atoms with van der Waals surface area (Å²) in [7, 11) is 2.75. The lowest BCUT2D eigenvalue weighted by atomic mass is 10.1. The molecule has 2 rings (SSSR count). The van der Waals surface area contributed by atoms with Crippen LogP contribution in [0.15, 0.2) is 54.2 Å². The molecule has 12 heteroatoms. The second-order valence-corrected chi connectivity index (χ2v) is 8.11. The van der Waals surface area contributed by atoms with Crippen molar-refractivity contribution >= 4 is 35.2 Å². The van der Waals surface area contributed by atoms with Gasteiger partial charge in [-0.25, -0.2) is 14.6 Å². The highest BCUT2D eigenvalue weighted by Gasteiger charge is 2.18. The summed E-state index contributed by atoms with van der Waals surface area (Å²) in [6.45, 7) is 8.15. The number of hydrogen-bond donors (Lipinski definition) is 3. The van der Waals surface area contributed by atoms with Crippen molar-refractivity contribution in [2.45, 2.75) is 12.8 Å². The van der Waals surface area contributed by atoms with Gasteiger partial charge in [0.05, 0.1) is 19.4 Å². The second-order valence-electron chi connectivity index (χ2n) is 7.25. The van der Waals surface area contributed by atoms with E-state index >= 15 is 0 Å². The van der Waals surface area contributed by atoms with Gasteiger partial charge in [0.15, 0.2) is 0 Å². The largest absolute Gasteiger partial charge is 0.464 e. The Labute approximate surface area is 212 Å². The summed E-state index contributed by atoms with van der Waals surface area (Å²) in [5.74, 6) is -2.25. The Morgan fingerprint density at radius 1 is 1.00 bits per heavy atom. The highest BCUT2D eigenvalue weighted by Crippen LogP contribution is 2.24. The molecule has 3 N–H and O–H groups in total. The molecule has 3 amide bonds. The summed E-state index contributed by atoms with van der Waals surface area (Å²) in [6.07, 6.45) is 0.791. The number of carbonyl (C=O) groups excluding carboxylic acids is 4. The second kappa shape index (κ2) is 14.4. The van der Waals surface area contributed by atoms with Crippen LogP contribution < -0.4 is 16.0 Å². The molecule has 1 aromatic heterocycles. The van der Waals surface area contributed by atoms with Crippen molar-refractivity contribution in [1.82, 2.24) is 20.9 Å². The Morgan fingerprint density at radius 2 is 1.72 bits per heavy atom. The zero-order chi connectivity index (χ0) is 26.5. The molecule has 0 aliphatic heterocycles. The number of thiazole rings is 1. The zero-order valence-corrected chi connectivity index (χ0v) is 20.9. The molecule has 0 bridgehead atoms. The minimum atomic E-state index is -0.815. The van der Waals surface area contributed by atoms with E-state index in [1.165, 1.54) is 11.3 Å². The smallest absolute Gasteiger partial charge is 0.407 e. The molecule has 0 saturated carbocycles. The molecule has 0 atom stereocenters. The third-order valence-corrected chi connectivity index (χ3v) is 5.48. The SMILES string of the molecule is C=C(NC(=O)c1csc(-c2ccc(CCOC(=O)NCCCOC)cc2)n1)C(=O)NC(=C)C(=O)OC. The van der Waals surface area contributed by atoms with Crippen LogP contribution in [0.25, 0.3) is 10.6 Å². The lowest BCUT2D eigenvalue weighted by Gasteiger charge is -2.09. The number of alkyl carbamates (subject to hydrolysis) is 1. The maximum absolute atomic E-state index is 12.4. The quantitative estimate of drug-likeness (QED) is 0.209. The first-order chi connectivity index (χ1) is 17.2. The third kappa shape index (κ3) is 8.96. The minimum absolute atomic E-state index is 0.102. The first-order valence-corrected chi connectivity index (χ1v) is 11.7. The van der Waals surface area contributed by atoms with Gasteiger partial charge in [-0.3, -0.25) is 9.59 Å². The first-order valence-electron chi connectivity index (χ1n) is 10.8. The zero-order valence-electron chi connectivity index (χ0n) is 20.0. The Balaban J connectivity index is 1.84. The van der Waals surface area contributed by atoms with E-state index in [1.54, 1.807) is 12.5 Å². The number of esters is 1. The van der Waals surface area contributed by atoms with Gasteiger partial charge in [0.1, 0.15) is 16.4 Å². The number of nitrogens with one attached hydrogen (secondary N) is 3. The summed E-state index contributed by atoms with van der Waals surface area (Å²) in [5, 5.41) is 9.32. The molecule has 192 valence electrons. The number of hydrogen-bond acceptors (Lipinski definition) is 9. The summed E-state index contributed by atoms with van der Waals surface area (Å²) >= 11 is 1.26. The molecule has 1 aromatic carbocycles. The summed E-state index contributed by atoms with van der Waals surface area (Å²) < 4.78 is 14.5. The van der Waals surface area contributed by atoms with Crippen LogP contribution in [0, 0.1) is 0 Å². The van der Waals surface area contributed by atoms with E-state index in [1.807, 2.05) is 24.3 Å². The van der Waals surface area contributed by atoms with Crippen molar-refractivity contribution in [1.29, 1.82) is 0 Å². The summed E-state index contributed by atoms with van der Waals surface area (Å²) in [6, 6.07) is 7.48. The minimum Gasteiger partial charge on any atom is -0.464 e. The molecule has 0 unspecified atom stereocenters. The lowest BCUT2D eigenvalue weighted by molar-refractivity contribution is -0.137. The molecule has 0 saturated heterocycles. The Morgan fingerprint density at radius 3 is 2.39 bits per heavy atom. The molecule has 36 heavy (non-hydrogen) atoms. The maximum Gasteiger partial charge on any atom is 0.407 e. The van der Waals surface area contributed by atoms with Crippen LogP contribution in [-0.4, -0.2) is 62.8 Å². The predicted molar refractivity (Wildman–Crippen MR) is 133 cm³/mol. The van der Waals surface area contributed by atoms with E-state index in [9.17, 15) is 19.2 Å². The fourth-order valence-electron chi connectivity index (χ4n) is 2.69. The molecule has 0 fully saturated rings. The van der Waals surface area contributed by atoms with Gasteiger partial charge in [-0.15, -0.1) is 11.3 Å². The number of benzene rings is 1. The van der Waals surface area contributed by atoms with E-state index in [-0.39, 0.29) is 23.7 Å². The van der Waals surface area contributed by atoms with Gasteiger partial charge in [0.2, 0.25) is 0 Å². The number of ether oxygens (including phenoxy) is 3. The highest BCUT2D eigenvalue weighted by molar-refractivity contribution is 7.13. The van der Waals surface area contributed by atoms with Gasteiger partial charge in [0, 0.05) is 37.6 Å². The van der Waals surface area contributed by atoms with Crippen LogP contribution in [0.2, 0.25) is 0 Å². The molecule has 0 radical (unpaired) electrons. The summed E-state index contributed by atoms with van der Waals surface area (Å²) in [5.41, 5.74) is 1.30. The van der Waals surface area contributed by atoms with E-state index in [4.69, 9.17) is 9.47 Å². The first kappa shape index (κ1) is 28.2. The van der Waals surface area contributed by atoms with Gasteiger partial charge >= 0.3 is 12.1 Å². The van der Waals surface area contributed by atoms with E-state index < -0.39 is 23.9 Å². The molecule has 0 aliphatic rings. The number of rotatable bonds is 13. The van der Waals surface area contributed by atoms with Crippen LogP contribution in [-0.2, 0) is 30.2 Å². The van der Waals surface area contributed by atoms with Crippen molar-refractivity contribution in [3.63, 3.8) is 0 Å². The van der Waals surface area contributed by atoms with Gasteiger partial charge in [0.25, 0.3) is 11.8 Å². The average Bonchev–Trinajstić information content (AvgIpc) is 3.37. The monoisotopic (exact) mass is 516 g/mol. The Bertz CT molecular complexity index is 1110.